The molecule has 0 bridgehead atoms. The normalized spacial score (nSPS) is 18.0. The maximum atomic E-state index is 12.1. The molecule has 1 heterocycles. The molecule has 1 amide bonds. The molecule has 1 aromatic rings. The van der Waals surface area contributed by atoms with Gasteiger partial charge in [-0.05, 0) is 45.7 Å². The van der Waals surface area contributed by atoms with E-state index in [2.05, 4.69) is 5.32 Å². The number of anilines is 1. The van der Waals surface area contributed by atoms with Crippen LogP contribution in [-0.2, 0) is 4.74 Å². The molecule has 1 atom stereocenters. The van der Waals surface area contributed by atoms with Crippen molar-refractivity contribution in [3.8, 4) is 5.75 Å². The standard InChI is InChI=1S/C17H25ClN2O3/c1-11-8-14(15(22-5)9-13(11)18)19-12-6-7-20(10-12)16(21)23-17(2,3)4/h8-9,12,19H,6-7,10H2,1-5H3. The average Bonchev–Trinajstić information content (AvgIpc) is 2.89. The summed E-state index contributed by atoms with van der Waals surface area (Å²) in [4.78, 5) is 13.8. The fourth-order valence-electron chi connectivity index (χ4n) is 2.54. The summed E-state index contributed by atoms with van der Waals surface area (Å²) in [6.45, 7) is 8.87. The van der Waals surface area contributed by atoms with Gasteiger partial charge in [-0.25, -0.2) is 4.79 Å². The Morgan fingerprint density at radius 3 is 2.70 bits per heavy atom. The number of halogens is 1. The lowest BCUT2D eigenvalue weighted by Gasteiger charge is -2.24. The van der Waals surface area contributed by atoms with E-state index >= 15 is 0 Å². The molecule has 1 aliphatic heterocycles. The van der Waals surface area contributed by atoms with Crippen molar-refractivity contribution in [3.63, 3.8) is 0 Å². The van der Waals surface area contributed by atoms with Gasteiger partial charge in [-0.15, -0.1) is 0 Å². The molecule has 1 N–H and O–H groups in total. The summed E-state index contributed by atoms with van der Waals surface area (Å²) < 4.78 is 10.8. The number of likely N-dealkylation sites (tertiary alicyclic amines) is 1. The number of benzene rings is 1. The van der Waals surface area contributed by atoms with E-state index in [-0.39, 0.29) is 12.1 Å². The number of methoxy groups -OCH3 is 1. The highest BCUT2D eigenvalue weighted by Crippen LogP contribution is 2.32. The highest BCUT2D eigenvalue weighted by molar-refractivity contribution is 6.31. The first kappa shape index (κ1) is 17.7. The monoisotopic (exact) mass is 340 g/mol. The van der Waals surface area contributed by atoms with Gasteiger partial charge in [0.1, 0.15) is 11.4 Å². The second kappa shape index (κ2) is 6.87. The number of carbonyl (C=O) groups is 1. The minimum Gasteiger partial charge on any atom is -0.495 e. The number of hydrogen-bond donors (Lipinski definition) is 1. The van der Waals surface area contributed by atoms with Crippen molar-refractivity contribution in [2.24, 2.45) is 0 Å². The van der Waals surface area contributed by atoms with Gasteiger partial charge in [-0.2, -0.15) is 0 Å². The number of amides is 1. The molecular weight excluding hydrogens is 316 g/mol. The first-order valence-corrected chi connectivity index (χ1v) is 8.16. The first-order valence-electron chi connectivity index (χ1n) is 7.78. The molecule has 5 nitrogen and oxygen atoms in total. The van der Waals surface area contributed by atoms with E-state index in [1.54, 1.807) is 18.1 Å². The molecule has 23 heavy (non-hydrogen) atoms. The Morgan fingerprint density at radius 1 is 1.39 bits per heavy atom. The summed E-state index contributed by atoms with van der Waals surface area (Å²) in [5, 5.41) is 4.12. The fourth-order valence-corrected chi connectivity index (χ4v) is 2.69. The van der Waals surface area contributed by atoms with Gasteiger partial charge in [0.15, 0.2) is 0 Å². The number of nitrogens with zero attached hydrogens (tertiary/aromatic N) is 1. The number of nitrogens with one attached hydrogen (secondary N) is 1. The van der Waals surface area contributed by atoms with Crippen LogP contribution >= 0.6 is 11.6 Å². The molecule has 0 aromatic heterocycles. The molecular formula is C17H25ClN2O3. The van der Waals surface area contributed by atoms with Crippen molar-refractivity contribution in [2.75, 3.05) is 25.5 Å². The first-order chi connectivity index (χ1) is 10.7. The minimum atomic E-state index is -0.473. The van der Waals surface area contributed by atoms with Gasteiger partial charge in [-0.3, -0.25) is 0 Å². The highest BCUT2D eigenvalue weighted by Gasteiger charge is 2.30. The summed E-state index contributed by atoms with van der Waals surface area (Å²) in [6.07, 6.45) is 0.602. The third kappa shape index (κ3) is 4.67. The summed E-state index contributed by atoms with van der Waals surface area (Å²) in [5.74, 6) is 0.705. The SMILES string of the molecule is COc1cc(Cl)c(C)cc1NC1CCN(C(=O)OC(C)(C)C)C1. The van der Waals surface area contributed by atoms with Gasteiger partial charge in [0.25, 0.3) is 0 Å². The van der Waals surface area contributed by atoms with Crippen molar-refractivity contribution >= 4 is 23.4 Å². The van der Waals surface area contributed by atoms with Gasteiger partial charge in [0.05, 0.1) is 12.8 Å². The molecule has 0 spiro atoms. The van der Waals surface area contributed by atoms with E-state index in [9.17, 15) is 4.79 Å². The Morgan fingerprint density at radius 2 is 2.09 bits per heavy atom. The van der Waals surface area contributed by atoms with E-state index in [0.29, 0.717) is 23.9 Å². The molecule has 0 saturated carbocycles. The van der Waals surface area contributed by atoms with E-state index in [1.807, 2.05) is 33.8 Å². The third-order valence-electron chi connectivity index (χ3n) is 3.68. The second-order valence-electron chi connectivity index (χ2n) is 6.86. The van der Waals surface area contributed by atoms with Crippen LogP contribution in [0.1, 0.15) is 32.8 Å². The summed E-state index contributed by atoms with van der Waals surface area (Å²) in [7, 11) is 1.62. The molecule has 1 unspecified atom stereocenters. The summed E-state index contributed by atoms with van der Waals surface area (Å²) in [5.41, 5.74) is 1.40. The summed E-state index contributed by atoms with van der Waals surface area (Å²) in [6, 6.07) is 3.94. The van der Waals surface area contributed by atoms with Crippen molar-refractivity contribution < 1.29 is 14.3 Å². The van der Waals surface area contributed by atoms with Crippen LogP contribution in [0.15, 0.2) is 12.1 Å². The zero-order valence-corrected chi connectivity index (χ0v) is 15.2. The molecule has 1 aliphatic rings. The Bertz CT molecular complexity index is 584. The lowest BCUT2D eigenvalue weighted by Crippen LogP contribution is -2.36. The Labute approximate surface area is 142 Å². The van der Waals surface area contributed by atoms with Crippen LogP contribution in [0.4, 0.5) is 10.5 Å². The molecule has 6 heteroatoms. The lowest BCUT2D eigenvalue weighted by atomic mass is 10.1. The van der Waals surface area contributed by atoms with Crippen molar-refractivity contribution in [3.05, 3.63) is 22.7 Å². The molecule has 2 rings (SSSR count). The van der Waals surface area contributed by atoms with E-state index < -0.39 is 5.60 Å². The molecule has 1 aromatic carbocycles. The number of ether oxygens (including phenoxy) is 2. The smallest absolute Gasteiger partial charge is 0.410 e. The van der Waals surface area contributed by atoms with Gasteiger partial charge in [-0.1, -0.05) is 11.6 Å². The van der Waals surface area contributed by atoms with E-state index in [1.165, 1.54) is 0 Å². The zero-order valence-electron chi connectivity index (χ0n) is 14.4. The van der Waals surface area contributed by atoms with Crippen LogP contribution in [0.25, 0.3) is 0 Å². The second-order valence-corrected chi connectivity index (χ2v) is 7.27. The van der Waals surface area contributed by atoms with Crippen LogP contribution in [0.3, 0.4) is 0 Å². The number of hydrogen-bond acceptors (Lipinski definition) is 4. The minimum absolute atomic E-state index is 0.164. The quantitative estimate of drug-likeness (QED) is 0.900. The fraction of sp³-hybridized carbons (Fsp3) is 0.588. The molecule has 0 radical (unpaired) electrons. The Kier molecular flexibility index (Phi) is 5.30. The molecule has 0 aliphatic carbocycles. The predicted molar refractivity (Wildman–Crippen MR) is 92.6 cm³/mol. The van der Waals surface area contributed by atoms with Crippen LogP contribution in [0.2, 0.25) is 5.02 Å². The van der Waals surface area contributed by atoms with E-state index in [0.717, 1.165) is 17.7 Å². The summed E-state index contributed by atoms with van der Waals surface area (Å²) >= 11 is 6.13. The van der Waals surface area contributed by atoms with Crippen LogP contribution in [-0.4, -0.2) is 42.8 Å². The zero-order chi connectivity index (χ0) is 17.2. The van der Waals surface area contributed by atoms with Crippen LogP contribution in [0, 0.1) is 6.92 Å². The maximum absolute atomic E-state index is 12.1. The lowest BCUT2D eigenvalue weighted by molar-refractivity contribution is 0.0293. The van der Waals surface area contributed by atoms with Crippen LogP contribution < -0.4 is 10.1 Å². The largest absolute Gasteiger partial charge is 0.495 e. The van der Waals surface area contributed by atoms with Crippen LogP contribution in [0.5, 0.6) is 5.75 Å². The topological polar surface area (TPSA) is 50.8 Å². The molecule has 1 saturated heterocycles. The van der Waals surface area contributed by atoms with Gasteiger partial charge in [0, 0.05) is 30.2 Å². The number of aryl methyl sites for hydroxylation is 1. The molecule has 128 valence electrons. The molecule has 1 fully saturated rings. The predicted octanol–water partition coefficient (Wildman–Crippen LogP) is 4.08. The van der Waals surface area contributed by atoms with Crippen molar-refractivity contribution in [2.45, 2.75) is 45.8 Å². The average molecular weight is 341 g/mol. The van der Waals surface area contributed by atoms with Gasteiger partial charge in [0.2, 0.25) is 0 Å². The van der Waals surface area contributed by atoms with Crippen molar-refractivity contribution in [1.82, 2.24) is 4.90 Å². The van der Waals surface area contributed by atoms with E-state index in [4.69, 9.17) is 21.1 Å². The Balaban J connectivity index is 2.01. The van der Waals surface area contributed by atoms with Gasteiger partial charge >= 0.3 is 6.09 Å². The van der Waals surface area contributed by atoms with Crippen molar-refractivity contribution in [1.29, 1.82) is 0 Å². The number of rotatable bonds is 3. The highest BCUT2D eigenvalue weighted by atomic mass is 35.5. The third-order valence-corrected chi connectivity index (χ3v) is 4.09. The van der Waals surface area contributed by atoms with Gasteiger partial charge < -0.3 is 19.7 Å². The maximum Gasteiger partial charge on any atom is 0.410 e. The number of carbonyl (C=O) groups excluding carboxylic acids is 1. The Hall–Kier alpha value is -1.62.